The summed E-state index contributed by atoms with van der Waals surface area (Å²) in [5.74, 6) is -2.09. The number of aliphatic carboxylic acids is 2. The first kappa shape index (κ1) is 43.4. The smallest absolute Gasteiger partial charge is 0.547 e. The molecule has 0 aromatic carbocycles. The molecular weight excluding hydrogens is 666 g/mol. The third-order valence-electron chi connectivity index (χ3n) is 8.81. The Morgan fingerprint density at radius 3 is 0.814 bits per heavy atom. The molecule has 2 fully saturated rings. The van der Waals surface area contributed by atoms with Gasteiger partial charge in [-0.3, -0.25) is 0 Å². The predicted octanol–water partition coefficient (Wildman–Crippen LogP) is 7.59. The van der Waals surface area contributed by atoms with Gasteiger partial charge in [0.15, 0.2) is 0 Å². The van der Waals surface area contributed by atoms with Crippen molar-refractivity contribution in [1.29, 1.82) is 0 Å². The van der Waals surface area contributed by atoms with E-state index < -0.39 is 24.1 Å². The van der Waals surface area contributed by atoms with Crippen molar-refractivity contribution in [2.24, 2.45) is 0 Å². The molecule has 2 aliphatic heterocycles. The fraction of sp³-hybridized carbons (Fsp3) is 0.944. The maximum absolute atomic E-state index is 10.5. The Labute approximate surface area is 305 Å². The summed E-state index contributed by atoms with van der Waals surface area (Å²) >= 11 is 0. The molecule has 0 spiro atoms. The molecule has 0 saturated carbocycles. The Morgan fingerprint density at radius 1 is 0.419 bits per heavy atom. The van der Waals surface area contributed by atoms with Crippen LogP contribution in [0.25, 0.3) is 0 Å². The van der Waals surface area contributed by atoms with Crippen LogP contribution < -0.4 is 10.2 Å². The molecular formula is C36H66BaO6. The molecule has 43 heavy (non-hydrogen) atoms. The molecule has 0 bridgehead atoms. The van der Waals surface area contributed by atoms with Gasteiger partial charge >= 0.3 is 48.9 Å². The largest absolute Gasteiger partial charge is 2.00 e. The van der Waals surface area contributed by atoms with Gasteiger partial charge in [0.25, 0.3) is 0 Å². The van der Waals surface area contributed by atoms with Gasteiger partial charge in [0, 0.05) is 0 Å². The molecule has 2 saturated heterocycles. The van der Waals surface area contributed by atoms with Crippen molar-refractivity contribution >= 4 is 60.8 Å². The van der Waals surface area contributed by atoms with Crippen LogP contribution in [0.15, 0.2) is 0 Å². The third kappa shape index (κ3) is 27.3. The van der Waals surface area contributed by atoms with Gasteiger partial charge in [-0.1, -0.05) is 181 Å². The monoisotopic (exact) mass is 732 g/mol. The minimum atomic E-state index is -1.05. The standard InChI is InChI=1S/2C18H34O3.Ba/c2*1-2-3-4-5-6-7-8-9-10-11-12-13-14-15-16-17(21-16)18(19)20;/h2*16-17H,2-15H2,1H3,(H,19,20);/q;;+2/p-2. The summed E-state index contributed by atoms with van der Waals surface area (Å²) in [4.78, 5) is 20.9. The summed E-state index contributed by atoms with van der Waals surface area (Å²) in [6, 6.07) is 0. The van der Waals surface area contributed by atoms with Crippen LogP contribution in [0.3, 0.4) is 0 Å². The Kier molecular flexibility index (Phi) is 31.4. The van der Waals surface area contributed by atoms with E-state index in [9.17, 15) is 19.8 Å². The number of carbonyl (C=O) groups excluding carboxylic acids is 2. The van der Waals surface area contributed by atoms with Gasteiger partial charge in [-0.15, -0.1) is 0 Å². The molecule has 0 aromatic heterocycles. The average Bonchev–Trinajstić information content (AvgIpc) is 3.90. The number of unbranched alkanes of at least 4 members (excludes halogenated alkanes) is 24. The van der Waals surface area contributed by atoms with E-state index in [1.807, 2.05) is 0 Å². The summed E-state index contributed by atoms with van der Waals surface area (Å²) in [7, 11) is 0. The Balaban J connectivity index is 0.000000802. The predicted molar refractivity (Wildman–Crippen MR) is 174 cm³/mol. The molecule has 6 nitrogen and oxygen atoms in total. The first-order chi connectivity index (χ1) is 20.5. The van der Waals surface area contributed by atoms with Crippen LogP contribution in [0, 0.1) is 0 Å². The van der Waals surface area contributed by atoms with Crippen molar-refractivity contribution in [1.82, 2.24) is 0 Å². The molecule has 0 aliphatic carbocycles. The molecule has 0 aromatic rings. The normalized spacial score (nSPS) is 20.1. The summed E-state index contributed by atoms with van der Waals surface area (Å²) < 4.78 is 10.0. The zero-order valence-electron chi connectivity index (χ0n) is 28.3. The van der Waals surface area contributed by atoms with E-state index in [0.717, 1.165) is 25.7 Å². The Morgan fingerprint density at radius 2 is 0.628 bits per heavy atom. The number of ether oxygens (including phenoxy) is 2. The molecule has 2 rings (SSSR count). The molecule has 4 atom stereocenters. The van der Waals surface area contributed by atoms with Crippen LogP contribution in [-0.2, 0) is 19.1 Å². The van der Waals surface area contributed by atoms with Gasteiger partial charge in [-0.2, -0.15) is 0 Å². The van der Waals surface area contributed by atoms with E-state index in [0.29, 0.717) is 0 Å². The number of hydrogen-bond acceptors (Lipinski definition) is 6. The Bertz CT molecular complexity index is 591. The van der Waals surface area contributed by atoms with Crippen molar-refractivity contribution in [2.75, 3.05) is 0 Å². The molecule has 0 radical (unpaired) electrons. The molecule has 2 aliphatic rings. The summed E-state index contributed by atoms with van der Waals surface area (Å²) in [5.41, 5.74) is 0. The van der Waals surface area contributed by atoms with Crippen molar-refractivity contribution in [3.05, 3.63) is 0 Å². The zero-order chi connectivity index (χ0) is 30.7. The number of carboxylic acids is 2. The number of hydrogen-bond donors (Lipinski definition) is 0. The maximum atomic E-state index is 10.5. The first-order valence-electron chi connectivity index (χ1n) is 18.2. The van der Waals surface area contributed by atoms with E-state index in [1.165, 1.54) is 154 Å². The van der Waals surface area contributed by atoms with Gasteiger partial charge in [0.1, 0.15) is 12.2 Å². The summed E-state index contributed by atoms with van der Waals surface area (Å²) in [6.07, 6.45) is 35.3. The van der Waals surface area contributed by atoms with Gasteiger partial charge < -0.3 is 29.3 Å². The van der Waals surface area contributed by atoms with E-state index >= 15 is 0 Å². The van der Waals surface area contributed by atoms with Crippen LogP contribution in [0.2, 0.25) is 0 Å². The number of carboxylic acid groups (broad SMARTS) is 2. The third-order valence-corrected chi connectivity index (χ3v) is 8.81. The number of epoxide rings is 2. The van der Waals surface area contributed by atoms with E-state index in [2.05, 4.69) is 13.8 Å². The van der Waals surface area contributed by atoms with Gasteiger partial charge in [0.05, 0.1) is 24.1 Å². The van der Waals surface area contributed by atoms with Crippen molar-refractivity contribution < 1.29 is 29.3 Å². The van der Waals surface area contributed by atoms with Crippen molar-refractivity contribution in [3.63, 3.8) is 0 Å². The van der Waals surface area contributed by atoms with Crippen LogP contribution in [0.1, 0.15) is 194 Å². The van der Waals surface area contributed by atoms with E-state index in [-0.39, 0.29) is 61.1 Å². The van der Waals surface area contributed by atoms with Crippen molar-refractivity contribution in [3.8, 4) is 0 Å². The summed E-state index contributed by atoms with van der Waals surface area (Å²) in [5, 5.41) is 20.9. The molecule has 7 heteroatoms. The van der Waals surface area contributed by atoms with Crippen LogP contribution in [-0.4, -0.2) is 85.2 Å². The van der Waals surface area contributed by atoms with Gasteiger partial charge in [-0.25, -0.2) is 0 Å². The van der Waals surface area contributed by atoms with Gasteiger partial charge in [-0.05, 0) is 12.8 Å². The quantitative estimate of drug-likeness (QED) is 0.0429. The molecule has 0 amide bonds. The number of carbonyl (C=O) groups is 2. The van der Waals surface area contributed by atoms with Crippen molar-refractivity contribution in [2.45, 2.75) is 218 Å². The van der Waals surface area contributed by atoms with E-state index in [1.54, 1.807) is 0 Å². The van der Waals surface area contributed by atoms with E-state index in [4.69, 9.17) is 9.47 Å². The Hall–Kier alpha value is 0.431. The van der Waals surface area contributed by atoms with Crippen LogP contribution in [0.4, 0.5) is 0 Å². The second-order valence-electron chi connectivity index (χ2n) is 12.9. The second-order valence-corrected chi connectivity index (χ2v) is 12.9. The molecule has 248 valence electrons. The first-order valence-corrected chi connectivity index (χ1v) is 18.2. The minimum absolute atomic E-state index is 0. The second kappa shape index (κ2) is 31.1. The summed E-state index contributed by atoms with van der Waals surface area (Å²) in [6.45, 7) is 4.53. The number of rotatable bonds is 30. The fourth-order valence-electron chi connectivity index (χ4n) is 5.87. The van der Waals surface area contributed by atoms with Gasteiger partial charge in [0.2, 0.25) is 0 Å². The van der Waals surface area contributed by atoms with Crippen LogP contribution >= 0.6 is 0 Å². The minimum Gasteiger partial charge on any atom is -0.547 e. The molecule has 4 unspecified atom stereocenters. The molecule has 2 heterocycles. The zero-order valence-corrected chi connectivity index (χ0v) is 32.7. The maximum Gasteiger partial charge on any atom is 2.00 e. The average molecular weight is 732 g/mol. The SMILES string of the molecule is CCCCCCCCCCCCCCCC1OC1C(=O)[O-].CCCCCCCCCCCCCCCC1OC1C(=O)[O-].[Ba+2]. The molecule has 0 N–H and O–H groups in total. The van der Waals surface area contributed by atoms with Crippen LogP contribution in [0.5, 0.6) is 0 Å². The topological polar surface area (TPSA) is 105 Å². The fourth-order valence-corrected chi connectivity index (χ4v) is 5.87.